The monoisotopic (exact) mass is 544 g/mol. The van der Waals surface area contributed by atoms with Crippen LogP contribution in [0.4, 0.5) is 28.4 Å². The Balaban J connectivity index is 1.43. The Kier molecular flexibility index (Phi) is 7.58. The molecule has 0 spiro atoms. The van der Waals surface area contributed by atoms with E-state index in [-0.39, 0.29) is 0 Å². The zero-order valence-corrected chi connectivity index (χ0v) is 21.7. The molecule has 5 aromatic rings. The highest BCUT2D eigenvalue weighted by Crippen LogP contribution is 2.34. The van der Waals surface area contributed by atoms with E-state index in [1.54, 1.807) is 0 Å². The van der Waals surface area contributed by atoms with E-state index in [1.807, 2.05) is 60.7 Å². The first-order chi connectivity index (χ1) is 18.2. The van der Waals surface area contributed by atoms with Crippen LogP contribution in [0.2, 0.25) is 0 Å². The summed E-state index contributed by atoms with van der Waals surface area (Å²) < 4.78 is 1.00. The Labute approximate surface area is 225 Å². The van der Waals surface area contributed by atoms with Crippen molar-refractivity contribution in [3.63, 3.8) is 0 Å². The summed E-state index contributed by atoms with van der Waals surface area (Å²) in [5, 5.41) is 3.41. The number of halogens is 1. The molecule has 0 fully saturated rings. The SMILES string of the molecule is O=Cc1cccc(C=Cc2ccc(N(c3ccccc3)c3ccccc3)cc2)c1Nc1ccc(Br)cc1. The fourth-order valence-electron chi connectivity index (χ4n) is 4.17. The van der Waals surface area contributed by atoms with Gasteiger partial charge in [-0.1, -0.05) is 88.7 Å². The molecule has 0 aliphatic heterocycles. The predicted octanol–water partition coefficient (Wildman–Crippen LogP) is 9.65. The van der Waals surface area contributed by atoms with Crippen molar-refractivity contribution in [1.29, 1.82) is 0 Å². The van der Waals surface area contributed by atoms with E-state index < -0.39 is 0 Å². The van der Waals surface area contributed by atoms with Gasteiger partial charge in [0.25, 0.3) is 0 Å². The molecule has 1 N–H and O–H groups in total. The molecule has 0 amide bonds. The van der Waals surface area contributed by atoms with Gasteiger partial charge in [-0.3, -0.25) is 4.79 Å². The van der Waals surface area contributed by atoms with Gasteiger partial charge in [-0.2, -0.15) is 0 Å². The van der Waals surface area contributed by atoms with E-state index in [0.717, 1.165) is 50.3 Å². The average Bonchev–Trinajstić information content (AvgIpc) is 2.95. The van der Waals surface area contributed by atoms with Crippen molar-refractivity contribution in [2.45, 2.75) is 0 Å². The highest BCUT2D eigenvalue weighted by atomic mass is 79.9. The van der Waals surface area contributed by atoms with Gasteiger partial charge in [0.2, 0.25) is 0 Å². The summed E-state index contributed by atoms with van der Waals surface area (Å²) >= 11 is 3.47. The van der Waals surface area contributed by atoms with Gasteiger partial charge in [-0.05, 0) is 77.9 Å². The highest BCUT2D eigenvalue weighted by molar-refractivity contribution is 9.10. The lowest BCUT2D eigenvalue weighted by atomic mass is 10.0. The van der Waals surface area contributed by atoms with Crippen LogP contribution in [-0.2, 0) is 0 Å². The lowest BCUT2D eigenvalue weighted by Gasteiger charge is -2.25. The van der Waals surface area contributed by atoms with Crippen molar-refractivity contribution in [2.75, 3.05) is 10.2 Å². The second kappa shape index (κ2) is 11.5. The molecule has 180 valence electrons. The molecule has 0 aliphatic carbocycles. The second-order valence-corrected chi connectivity index (χ2v) is 9.41. The summed E-state index contributed by atoms with van der Waals surface area (Å²) in [6.45, 7) is 0. The fraction of sp³-hybridized carbons (Fsp3) is 0. The molecule has 0 saturated heterocycles. The molecule has 5 aromatic carbocycles. The minimum Gasteiger partial charge on any atom is -0.354 e. The van der Waals surface area contributed by atoms with Crippen LogP contribution >= 0.6 is 15.9 Å². The number of aldehydes is 1. The summed E-state index contributed by atoms with van der Waals surface area (Å²) in [5.74, 6) is 0. The molecule has 0 unspecified atom stereocenters. The van der Waals surface area contributed by atoms with Crippen molar-refractivity contribution in [3.05, 3.63) is 149 Å². The molecule has 0 heterocycles. The first-order valence-electron chi connectivity index (χ1n) is 12.0. The Bertz CT molecular complexity index is 1460. The highest BCUT2D eigenvalue weighted by Gasteiger charge is 2.11. The number of nitrogens with zero attached hydrogens (tertiary/aromatic N) is 1. The number of rotatable bonds is 8. The van der Waals surface area contributed by atoms with Crippen LogP contribution in [0.25, 0.3) is 12.2 Å². The molecule has 0 radical (unpaired) electrons. The Morgan fingerprint density at radius 3 is 1.73 bits per heavy atom. The molecule has 3 nitrogen and oxygen atoms in total. The summed E-state index contributed by atoms with van der Waals surface area (Å²) in [5.41, 5.74) is 7.60. The summed E-state index contributed by atoms with van der Waals surface area (Å²) in [7, 11) is 0. The van der Waals surface area contributed by atoms with Crippen molar-refractivity contribution in [2.24, 2.45) is 0 Å². The molecule has 0 aromatic heterocycles. The Morgan fingerprint density at radius 1 is 0.568 bits per heavy atom. The van der Waals surface area contributed by atoms with Crippen molar-refractivity contribution in [3.8, 4) is 0 Å². The maximum absolute atomic E-state index is 11.8. The van der Waals surface area contributed by atoms with E-state index in [4.69, 9.17) is 0 Å². The third-order valence-electron chi connectivity index (χ3n) is 6.00. The van der Waals surface area contributed by atoms with Gasteiger partial charge >= 0.3 is 0 Å². The van der Waals surface area contributed by atoms with Crippen LogP contribution in [0, 0.1) is 0 Å². The van der Waals surface area contributed by atoms with Crippen LogP contribution in [0.5, 0.6) is 0 Å². The normalized spacial score (nSPS) is 10.8. The molecule has 0 bridgehead atoms. The number of para-hydroxylation sites is 3. The Hall–Kier alpha value is -4.41. The molecule has 0 atom stereocenters. The van der Waals surface area contributed by atoms with Crippen LogP contribution in [-0.4, -0.2) is 6.29 Å². The lowest BCUT2D eigenvalue weighted by molar-refractivity contribution is 0.112. The molecule has 37 heavy (non-hydrogen) atoms. The number of nitrogens with one attached hydrogen (secondary N) is 1. The first-order valence-corrected chi connectivity index (χ1v) is 12.8. The second-order valence-electron chi connectivity index (χ2n) is 8.49. The summed E-state index contributed by atoms with van der Waals surface area (Å²) in [4.78, 5) is 14.0. The van der Waals surface area contributed by atoms with E-state index in [1.165, 1.54) is 0 Å². The van der Waals surface area contributed by atoms with Crippen LogP contribution in [0.3, 0.4) is 0 Å². The molecule has 5 rings (SSSR count). The molecular weight excluding hydrogens is 520 g/mol. The topological polar surface area (TPSA) is 32.3 Å². The summed E-state index contributed by atoms with van der Waals surface area (Å²) in [6, 6.07) is 42.8. The quantitative estimate of drug-likeness (QED) is 0.156. The van der Waals surface area contributed by atoms with Crippen LogP contribution in [0.15, 0.2) is 132 Å². The average molecular weight is 545 g/mol. The molecule has 0 saturated carbocycles. The lowest BCUT2D eigenvalue weighted by Crippen LogP contribution is -2.09. The zero-order valence-electron chi connectivity index (χ0n) is 20.1. The molecule has 4 heteroatoms. The number of hydrogen-bond donors (Lipinski definition) is 1. The minimum atomic E-state index is 0.613. The molecular formula is C33H25BrN2O. The standard InChI is InChI=1S/C33H25BrN2O/c34-28-18-20-29(21-19-28)35-33-26(8-7-9-27(33)24-37)17-14-25-15-22-32(23-16-25)36(30-10-3-1-4-11-30)31-12-5-2-6-13-31/h1-24,35H. The number of benzene rings is 5. The first kappa shape index (κ1) is 24.3. The number of carbonyl (C=O) groups excluding carboxylic acids is 1. The Morgan fingerprint density at radius 2 is 1.14 bits per heavy atom. The number of hydrogen-bond acceptors (Lipinski definition) is 3. The van der Waals surface area contributed by atoms with E-state index in [2.05, 4.69) is 105 Å². The smallest absolute Gasteiger partial charge is 0.152 e. The van der Waals surface area contributed by atoms with Gasteiger partial charge in [-0.15, -0.1) is 0 Å². The van der Waals surface area contributed by atoms with Gasteiger partial charge < -0.3 is 10.2 Å². The van der Waals surface area contributed by atoms with Gasteiger partial charge in [0.1, 0.15) is 0 Å². The van der Waals surface area contributed by atoms with E-state index >= 15 is 0 Å². The van der Waals surface area contributed by atoms with Crippen molar-refractivity contribution < 1.29 is 4.79 Å². The maximum Gasteiger partial charge on any atom is 0.152 e. The van der Waals surface area contributed by atoms with Crippen molar-refractivity contribution >= 4 is 62.8 Å². The van der Waals surface area contributed by atoms with Gasteiger partial charge in [0.15, 0.2) is 6.29 Å². The third kappa shape index (κ3) is 5.88. The van der Waals surface area contributed by atoms with Crippen LogP contribution in [0.1, 0.15) is 21.5 Å². The van der Waals surface area contributed by atoms with E-state index in [9.17, 15) is 4.79 Å². The number of carbonyl (C=O) groups is 1. The van der Waals surface area contributed by atoms with Gasteiger partial charge in [-0.25, -0.2) is 0 Å². The number of anilines is 5. The van der Waals surface area contributed by atoms with E-state index in [0.29, 0.717) is 5.56 Å². The summed E-state index contributed by atoms with van der Waals surface area (Å²) in [6.07, 6.45) is 4.99. The van der Waals surface area contributed by atoms with Crippen LogP contribution < -0.4 is 10.2 Å². The fourth-order valence-corrected chi connectivity index (χ4v) is 4.43. The van der Waals surface area contributed by atoms with Gasteiger partial charge in [0.05, 0.1) is 5.69 Å². The predicted molar refractivity (Wildman–Crippen MR) is 159 cm³/mol. The van der Waals surface area contributed by atoms with Crippen molar-refractivity contribution in [1.82, 2.24) is 0 Å². The van der Waals surface area contributed by atoms with Gasteiger partial charge in [0, 0.05) is 32.8 Å². The minimum absolute atomic E-state index is 0.613. The molecule has 0 aliphatic rings. The maximum atomic E-state index is 11.8. The largest absolute Gasteiger partial charge is 0.354 e. The zero-order chi connectivity index (χ0) is 25.5. The third-order valence-corrected chi connectivity index (χ3v) is 6.53.